The SMILES string of the molecule is CCOc1ccc(C(C)NC(=NC)NCc2nccn2C(F)F)cc1OCC. The van der Waals surface area contributed by atoms with Crippen molar-refractivity contribution in [1.82, 2.24) is 20.2 Å². The molecule has 2 N–H and O–H groups in total. The largest absolute Gasteiger partial charge is 0.490 e. The lowest BCUT2D eigenvalue weighted by Gasteiger charge is -2.20. The number of hydrogen-bond acceptors (Lipinski definition) is 4. The molecule has 0 radical (unpaired) electrons. The zero-order valence-electron chi connectivity index (χ0n) is 16.6. The second-order valence-corrected chi connectivity index (χ2v) is 5.89. The van der Waals surface area contributed by atoms with Gasteiger partial charge in [0.05, 0.1) is 25.8 Å². The summed E-state index contributed by atoms with van der Waals surface area (Å²) in [5, 5.41) is 6.24. The third-order valence-corrected chi connectivity index (χ3v) is 4.02. The summed E-state index contributed by atoms with van der Waals surface area (Å²) in [5.74, 6) is 2.08. The van der Waals surface area contributed by atoms with Gasteiger partial charge in [-0.25, -0.2) is 4.98 Å². The first-order valence-corrected chi connectivity index (χ1v) is 9.16. The van der Waals surface area contributed by atoms with E-state index in [0.717, 1.165) is 10.1 Å². The van der Waals surface area contributed by atoms with Crippen LogP contribution < -0.4 is 20.1 Å². The van der Waals surface area contributed by atoms with Crippen molar-refractivity contribution in [3.8, 4) is 11.5 Å². The molecule has 9 heteroatoms. The Morgan fingerprint density at radius 3 is 2.57 bits per heavy atom. The molecule has 1 aromatic heterocycles. The highest BCUT2D eigenvalue weighted by Gasteiger charge is 2.14. The fourth-order valence-corrected chi connectivity index (χ4v) is 2.64. The fraction of sp³-hybridized carbons (Fsp3) is 0.474. The average molecular weight is 395 g/mol. The maximum Gasteiger partial charge on any atom is 0.319 e. The molecule has 0 bridgehead atoms. The van der Waals surface area contributed by atoms with Gasteiger partial charge >= 0.3 is 6.55 Å². The average Bonchev–Trinajstić information content (AvgIpc) is 3.15. The van der Waals surface area contributed by atoms with E-state index < -0.39 is 6.55 Å². The Hall–Kier alpha value is -2.84. The molecule has 0 aliphatic rings. The van der Waals surface area contributed by atoms with Crippen LogP contribution in [0.4, 0.5) is 8.78 Å². The van der Waals surface area contributed by atoms with Crippen molar-refractivity contribution < 1.29 is 18.3 Å². The monoisotopic (exact) mass is 395 g/mol. The normalized spacial score (nSPS) is 12.8. The van der Waals surface area contributed by atoms with Crippen molar-refractivity contribution in [3.63, 3.8) is 0 Å². The van der Waals surface area contributed by atoms with E-state index in [2.05, 4.69) is 20.6 Å². The number of aliphatic imine (C=N–C) groups is 1. The Kier molecular flexibility index (Phi) is 8.03. The molecule has 0 saturated carbocycles. The number of rotatable bonds is 9. The predicted octanol–water partition coefficient (Wildman–Crippen LogP) is 3.50. The maximum atomic E-state index is 12.9. The van der Waals surface area contributed by atoms with Gasteiger partial charge in [-0.1, -0.05) is 6.07 Å². The zero-order valence-corrected chi connectivity index (χ0v) is 16.6. The quantitative estimate of drug-likeness (QED) is 0.502. The van der Waals surface area contributed by atoms with Gasteiger partial charge < -0.3 is 20.1 Å². The third-order valence-electron chi connectivity index (χ3n) is 4.02. The number of alkyl halides is 2. The van der Waals surface area contributed by atoms with Crippen LogP contribution in [0.1, 0.15) is 44.8 Å². The topological polar surface area (TPSA) is 72.7 Å². The molecule has 1 heterocycles. The van der Waals surface area contributed by atoms with Gasteiger partial charge in [0.25, 0.3) is 0 Å². The van der Waals surface area contributed by atoms with E-state index in [-0.39, 0.29) is 18.4 Å². The molecule has 1 atom stereocenters. The van der Waals surface area contributed by atoms with Gasteiger partial charge in [-0.15, -0.1) is 0 Å². The second-order valence-electron chi connectivity index (χ2n) is 5.89. The van der Waals surface area contributed by atoms with Crippen molar-refractivity contribution in [3.05, 3.63) is 42.0 Å². The molecular formula is C19H27F2N5O2. The molecule has 0 saturated heterocycles. The summed E-state index contributed by atoms with van der Waals surface area (Å²) in [6, 6.07) is 5.64. The molecule has 0 aliphatic heterocycles. The first-order valence-electron chi connectivity index (χ1n) is 9.16. The van der Waals surface area contributed by atoms with Gasteiger partial charge in [0.2, 0.25) is 0 Å². The van der Waals surface area contributed by atoms with E-state index in [1.165, 1.54) is 12.4 Å². The van der Waals surface area contributed by atoms with Crippen molar-refractivity contribution in [2.75, 3.05) is 20.3 Å². The van der Waals surface area contributed by atoms with E-state index in [1.54, 1.807) is 7.05 Å². The van der Waals surface area contributed by atoms with Crippen LogP contribution in [-0.2, 0) is 6.54 Å². The highest BCUT2D eigenvalue weighted by molar-refractivity contribution is 5.80. The van der Waals surface area contributed by atoms with Crippen molar-refractivity contribution in [1.29, 1.82) is 0 Å². The summed E-state index contributed by atoms with van der Waals surface area (Å²) in [4.78, 5) is 8.09. The second kappa shape index (κ2) is 10.5. The van der Waals surface area contributed by atoms with Crippen LogP contribution in [0.2, 0.25) is 0 Å². The standard InChI is InChI=1S/C19H27F2N5O2/c1-5-27-15-8-7-14(11-16(15)28-6-2)13(3)25-19(22-4)24-12-17-23-9-10-26(17)18(20)21/h7-11,13,18H,5-6,12H2,1-4H3,(H2,22,24,25). The minimum absolute atomic E-state index is 0.101. The first kappa shape index (κ1) is 21.5. The molecular weight excluding hydrogens is 368 g/mol. The molecule has 0 aliphatic carbocycles. The Morgan fingerprint density at radius 1 is 1.21 bits per heavy atom. The highest BCUT2D eigenvalue weighted by atomic mass is 19.3. The minimum Gasteiger partial charge on any atom is -0.490 e. The van der Waals surface area contributed by atoms with Crippen LogP contribution in [0.3, 0.4) is 0 Å². The molecule has 1 unspecified atom stereocenters. The molecule has 154 valence electrons. The summed E-state index contributed by atoms with van der Waals surface area (Å²) >= 11 is 0. The molecule has 0 amide bonds. The van der Waals surface area contributed by atoms with Crippen LogP contribution >= 0.6 is 0 Å². The van der Waals surface area contributed by atoms with Crippen molar-refractivity contribution in [2.24, 2.45) is 4.99 Å². The minimum atomic E-state index is -2.63. The number of benzene rings is 1. The van der Waals surface area contributed by atoms with Gasteiger partial charge in [0.15, 0.2) is 17.5 Å². The number of aromatic nitrogens is 2. The summed E-state index contributed by atoms with van der Waals surface area (Å²) in [6.07, 6.45) is 2.59. The molecule has 28 heavy (non-hydrogen) atoms. The van der Waals surface area contributed by atoms with E-state index in [1.807, 2.05) is 39.0 Å². The predicted molar refractivity (Wildman–Crippen MR) is 104 cm³/mol. The van der Waals surface area contributed by atoms with Gasteiger partial charge in [0.1, 0.15) is 5.82 Å². The fourth-order valence-electron chi connectivity index (χ4n) is 2.64. The summed E-state index contributed by atoms with van der Waals surface area (Å²) < 4.78 is 37.9. The number of hydrogen-bond donors (Lipinski definition) is 2. The number of guanidine groups is 1. The number of imidazole rings is 1. The molecule has 7 nitrogen and oxygen atoms in total. The first-order chi connectivity index (χ1) is 13.5. The van der Waals surface area contributed by atoms with Gasteiger partial charge in [0, 0.05) is 19.4 Å². The lowest BCUT2D eigenvalue weighted by atomic mass is 10.1. The Balaban J connectivity index is 2.04. The Bertz CT molecular complexity index is 779. The van der Waals surface area contributed by atoms with E-state index in [9.17, 15) is 8.78 Å². The Labute approximate surface area is 163 Å². The lowest BCUT2D eigenvalue weighted by Crippen LogP contribution is -2.38. The molecule has 1 aromatic carbocycles. The number of nitrogens with one attached hydrogen (secondary N) is 2. The number of halogens is 2. The van der Waals surface area contributed by atoms with E-state index in [0.29, 0.717) is 30.7 Å². The van der Waals surface area contributed by atoms with Crippen LogP contribution in [0.25, 0.3) is 0 Å². The smallest absolute Gasteiger partial charge is 0.319 e. The number of nitrogens with zero attached hydrogens (tertiary/aromatic N) is 3. The Morgan fingerprint density at radius 2 is 1.93 bits per heavy atom. The van der Waals surface area contributed by atoms with Gasteiger partial charge in [-0.2, -0.15) is 8.78 Å². The van der Waals surface area contributed by atoms with Crippen molar-refractivity contribution in [2.45, 2.75) is 39.9 Å². The van der Waals surface area contributed by atoms with Crippen LogP contribution in [0.15, 0.2) is 35.6 Å². The van der Waals surface area contributed by atoms with Crippen molar-refractivity contribution >= 4 is 5.96 Å². The van der Waals surface area contributed by atoms with Crippen LogP contribution in [0, 0.1) is 0 Å². The highest BCUT2D eigenvalue weighted by Crippen LogP contribution is 2.30. The number of ether oxygens (including phenoxy) is 2. The van der Waals surface area contributed by atoms with Crippen LogP contribution in [0.5, 0.6) is 11.5 Å². The maximum absolute atomic E-state index is 12.9. The van der Waals surface area contributed by atoms with Gasteiger partial charge in [-0.05, 0) is 38.5 Å². The summed E-state index contributed by atoms with van der Waals surface area (Å²) in [7, 11) is 1.62. The van der Waals surface area contributed by atoms with Crippen LogP contribution in [-0.4, -0.2) is 35.8 Å². The zero-order chi connectivity index (χ0) is 20.5. The summed E-state index contributed by atoms with van der Waals surface area (Å²) in [6.45, 7) is 4.38. The van der Waals surface area contributed by atoms with E-state index in [4.69, 9.17) is 9.47 Å². The van der Waals surface area contributed by atoms with Gasteiger partial charge in [-0.3, -0.25) is 9.56 Å². The summed E-state index contributed by atoms with van der Waals surface area (Å²) in [5.41, 5.74) is 0.976. The molecule has 2 aromatic rings. The third kappa shape index (κ3) is 5.58. The molecule has 0 spiro atoms. The molecule has 0 fully saturated rings. The lowest BCUT2D eigenvalue weighted by molar-refractivity contribution is 0.0668. The van der Waals surface area contributed by atoms with E-state index >= 15 is 0 Å². The molecule has 2 rings (SSSR count).